The predicted molar refractivity (Wildman–Crippen MR) is 88.2 cm³/mol. The average molecular weight is 334 g/mol. The van der Waals surface area contributed by atoms with Gasteiger partial charge in [-0.2, -0.15) is 4.98 Å². The normalized spacial score (nSPS) is 18.7. The van der Waals surface area contributed by atoms with Crippen LogP contribution in [0.4, 0.5) is 16.2 Å². The summed E-state index contributed by atoms with van der Waals surface area (Å²) in [6, 6.07) is 0. The summed E-state index contributed by atoms with van der Waals surface area (Å²) in [6.07, 6.45) is 2.04. The minimum atomic E-state index is -1.15. The van der Waals surface area contributed by atoms with Gasteiger partial charge in [-0.3, -0.25) is 5.43 Å². The molecule has 3 heterocycles. The van der Waals surface area contributed by atoms with E-state index in [1.165, 1.54) is 11.3 Å². The molecule has 23 heavy (non-hydrogen) atoms. The van der Waals surface area contributed by atoms with Gasteiger partial charge in [0.25, 0.3) is 0 Å². The number of nitrogen functional groups attached to an aromatic ring is 1. The second-order valence-corrected chi connectivity index (χ2v) is 7.33. The Balaban J connectivity index is 1.65. The first-order chi connectivity index (χ1) is 11.0. The fourth-order valence-electron chi connectivity index (χ4n) is 2.88. The number of halogens is 1. The molecule has 2 aromatic heterocycles. The first-order valence-electron chi connectivity index (χ1n) is 7.75. The number of anilines is 2. The highest BCUT2D eigenvalue weighted by Crippen LogP contribution is 2.51. The number of nitrogens with one attached hydrogen (secondary N) is 1. The highest BCUT2D eigenvalue weighted by Gasteiger charge is 2.48. The fraction of sp³-hybridized carbons (Fsp3) is 0.533. The number of nitrogens with two attached hydrogens (primary N) is 1. The van der Waals surface area contributed by atoms with E-state index in [0.717, 1.165) is 40.6 Å². The third-order valence-corrected chi connectivity index (χ3v) is 5.86. The van der Waals surface area contributed by atoms with E-state index in [-0.39, 0.29) is 0 Å². The number of aromatic nitrogens is 3. The summed E-state index contributed by atoms with van der Waals surface area (Å²) in [5.41, 5.74) is 4.36. The zero-order chi connectivity index (χ0) is 16.2. The molecule has 0 aromatic carbocycles. The highest BCUT2D eigenvalue weighted by molar-refractivity contribution is 7.12. The van der Waals surface area contributed by atoms with E-state index in [0.29, 0.717) is 30.3 Å². The van der Waals surface area contributed by atoms with Crippen molar-refractivity contribution < 1.29 is 4.39 Å². The lowest BCUT2D eigenvalue weighted by atomic mass is 10.1. The highest BCUT2D eigenvalue weighted by atomic mass is 32.1. The van der Waals surface area contributed by atoms with Crippen LogP contribution < -0.4 is 16.2 Å². The average Bonchev–Trinajstić information content (AvgIpc) is 3.14. The zero-order valence-electron chi connectivity index (χ0n) is 13.2. The van der Waals surface area contributed by atoms with E-state index in [1.807, 2.05) is 13.8 Å². The molecule has 3 N–H and O–H groups in total. The molecule has 0 atom stereocenters. The molecular formula is C15H19FN6S. The van der Waals surface area contributed by atoms with Crippen molar-refractivity contribution in [3.63, 3.8) is 0 Å². The second-order valence-electron chi connectivity index (χ2n) is 6.25. The van der Waals surface area contributed by atoms with E-state index in [4.69, 9.17) is 5.84 Å². The van der Waals surface area contributed by atoms with Crippen LogP contribution in [0.3, 0.4) is 0 Å². The largest absolute Gasteiger partial charge is 0.351 e. The van der Waals surface area contributed by atoms with Crippen molar-refractivity contribution >= 4 is 23.1 Å². The Bertz CT molecular complexity index is 770. The van der Waals surface area contributed by atoms with Gasteiger partial charge in [-0.15, -0.1) is 11.3 Å². The molecule has 0 amide bonds. The van der Waals surface area contributed by atoms with E-state index < -0.39 is 5.67 Å². The molecule has 0 unspecified atom stereocenters. The maximum absolute atomic E-state index is 14.2. The number of alkyl halides is 1. The summed E-state index contributed by atoms with van der Waals surface area (Å²) in [5, 5.41) is 0.657. The van der Waals surface area contributed by atoms with Crippen molar-refractivity contribution in [2.75, 3.05) is 16.9 Å². The molecule has 8 heteroatoms. The van der Waals surface area contributed by atoms with Crippen molar-refractivity contribution in [2.24, 2.45) is 5.84 Å². The molecule has 6 nitrogen and oxygen atoms in total. The monoisotopic (exact) mass is 334 g/mol. The smallest absolute Gasteiger partial charge is 0.239 e. The molecule has 2 aromatic rings. The summed E-state index contributed by atoms with van der Waals surface area (Å²) in [6.45, 7) is 5.49. The Labute approximate surface area is 137 Å². The molecule has 0 bridgehead atoms. The summed E-state index contributed by atoms with van der Waals surface area (Å²) in [4.78, 5) is 16.7. The van der Waals surface area contributed by atoms with Crippen LogP contribution in [0.2, 0.25) is 0 Å². The maximum Gasteiger partial charge on any atom is 0.239 e. The molecule has 0 saturated heterocycles. The zero-order valence-corrected chi connectivity index (χ0v) is 14.0. The lowest BCUT2D eigenvalue weighted by molar-refractivity contribution is 0.316. The maximum atomic E-state index is 14.2. The topological polar surface area (TPSA) is 80.0 Å². The number of thiazole rings is 1. The van der Waals surface area contributed by atoms with Crippen molar-refractivity contribution in [1.82, 2.24) is 15.0 Å². The van der Waals surface area contributed by atoms with Crippen molar-refractivity contribution in [2.45, 2.75) is 45.3 Å². The van der Waals surface area contributed by atoms with Crippen LogP contribution in [-0.2, 0) is 18.6 Å². The Morgan fingerprint density at radius 2 is 2.04 bits per heavy atom. The van der Waals surface area contributed by atoms with Crippen LogP contribution in [0.15, 0.2) is 0 Å². The summed E-state index contributed by atoms with van der Waals surface area (Å²) < 4.78 is 14.2. The van der Waals surface area contributed by atoms with Crippen LogP contribution in [0, 0.1) is 13.8 Å². The van der Waals surface area contributed by atoms with Gasteiger partial charge >= 0.3 is 0 Å². The summed E-state index contributed by atoms with van der Waals surface area (Å²) in [7, 11) is 0. The predicted octanol–water partition coefficient (Wildman–Crippen LogP) is 2.36. The third kappa shape index (κ3) is 2.46. The molecule has 0 radical (unpaired) electrons. The standard InChI is InChI=1S/C15H19FN6S/c1-8-9(2)18-14(21-17)20-12(8)22-6-3-10-11(7-22)23-13(19-10)15(16)4-5-15/h3-7,17H2,1-2H3,(H,18,20,21). The number of nitrogens with zero attached hydrogens (tertiary/aromatic N) is 4. The van der Waals surface area contributed by atoms with Gasteiger partial charge in [-0.25, -0.2) is 20.2 Å². The Morgan fingerprint density at radius 1 is 1.26 bits per heavy atom. The molecular weight excluding hydrogens is 315 g/mol. The van der Waals surface area contributed by atoms with Crippen molar-refractivity contribution in [1.29, 1.82) is 0 Å². The van der Waals surface area contributed by atoms with Gasteiger partial charge in [0.05, 0.1) is 12.2 Å². The number of hydrogen-bond donors (Lipinski definition) is 2. The van der Waals surface area contributed by atoms with Gasteiger partial charge in [-0.05, 0) is 26.7 Å². The summed E-state index contributed by atoms with van der Waals surface area (Å²) in [5.74, 6) is 6.76. The van der Waals surface area contributed by atoms with Gasteiger partial charge in [0, 0.05) is 29.1 Å². The van der Waals surface area contributed by atoms with Gasteiger partial charge < -0.3 is 4.90 Å². The first kappa shape index (κ1) is 14.8. The third-order valence-electron chi connectivity index (χ3n) is 4.60. The molecule has 0 spiro atoms. The van der Waals surface area contributed by atoms with E-state index in [2.05, 4.69) is 25.3 Å². The SMILES string of the molecule is Cc1nc(NN)nc(N2CCc3nc(C4(F)CC4)sc3C2)c1C. The second kappa shape index (κ2) is 5.10. The summed E-state index contributed by atoms with van der Waals surface area (Å²) >= 11 is 1.51. The Morgan fingerprint density at radius 3 is 2.74 bits per heavy atom. The van der Waals surface area contributed by atoms with E-state index in [1.54, 1.807) is 0 Å². The van der Waals surface area contributed by atoms with Crippen LogP contribution in [0.5, 0.6) is 0 Å². The van der Waals surface area contributed by atoms with Gasteiger partial charge in [0.15, 0.2) is 5.67 Å². The van der Waals surface area contributed by atoms with Gasteiger partial charge in [0.2, 0.25) is 5.95 Å². The van der Waals surface area contributed by atoms with Crippen LogP contribution >= 0.6 is 11.3 Å². The minimum absolute atomic E-state index is 0.416. The van der Waals surface area contributed by atoms with E-state index >= 15 is 0 Å². The lowest BCUT2D eigenvalue weighted by Gasteiger charge is -2.29. The Hall–Kier alpha value is -1.80. The lowest BCUT2D eigenvalue weighted by Crippen LogP contribution is -2.31. The number of hydrazine groups is 1. The Kier molecular flexibility index (Phi) is 3.28. The molecule has 1 fully saturated rings. The van der Waals surface area contributed by atoms with Gasteiger partial charge in [0.1, 0.15) is 10.8 Å². The van der Waals surface area contributed by atoms with E-state index in [9.17, 15) is 4.39 Å². The van der Waals surface area contributed by atoms with Crippen molar-refractivity contribution in [3.8, 4) is 0 Å². The number of fused-ring (bicyclic) bond motifs is 1. The molecule has 1 saturated carbocycles. The fourth-order valence-corrected chi connectivity index (χ4v) is 4.14. The van der Waals surface area contributed by atoms with Crippen LogP contribution in [-0.4, -0.2) is 21.5 Å². The molecule has 1 aliphatic heterocycles. The van der Waals surface area contributed by atoms with Crippen LogP contribution in [0.1, 0.15) is 39.7 Å². The number of aryl methyl sites for hydroxylation is 1. The first-order valence-corrected chi connectivity index (χ1v) is 8.56. The quantitative estimate of drug-likeness (QED) is 0.662. The number of rotatable bonds is 3. The minimum Gasteiger partial charge on any atom is -0.351 e. The van der Waals surface area contributed by atoms with Crippen LogP contribution in [0.25, 0.3) is 0 Å². The van der Waals surface area contributed by atoms with Gasteiger partial charge in [-0.1, -0.05) is 0 Å². The molecule has 1 aliphatic carbocycles. The van der Waals surface area contributed by atoms with Crippen molar-refractivity contribution in [3.05, 3.63) is 26.8 Å². The molecule has 122 valence electrons. The molecule has 2 aliphatic rings. The molecule has 4 rings (SSSR count). The number of hydrogen-bond acceptors (Lipinski definition) is 7.